The predicted octanol–water partition coefficient (Wildman–Crippen LogP) is 4.63. The molecule has 3 aromatic rings. The molecular formula is C21H22Cl2N4O2S. The maximum atomic E-state index is 12.1. The van der Waals surface area contributed by atoms with Gasteiger partial charge in [0.05, 0.1) is 10.8 Å². The Bertz CT molecular complexity index is 982. The molecule has 1 heterocycles. The highest BCUT2D eigenvalue weighted by Gasteiger charge is 2.14. The van der Waals surface area contributed by atoms with E-state index in [2.05, 4.69) is 15.5 Å². The molecule has 158 valence electrons. The number of nitrogens with zero attached hydrogens (tertiary/aromatic N) is 3. The average molecular weight is 465 g/mol. The molecule has 30 heavy (non-hydrogen) atoms. The fourth-order valence-electron chi connectivity index (χ4n) is 2.76. The van der Waals surface area contributed by atoms with Gasteiger partial charge in [-0.2, -0.15) is 0 Å². The molecule has 0 aliphatic heterocycles. The number of rotatable bonds is 10. The Morgan fingerprint density at radius 2 is 1.97 bits per heavy atom. The Kier molecular flexibility index (Phi) is 8.42. The lowest BCUT2D eigenvalue weighted by molar-refractivity contribution is -0.118. The highest BCUT2D eigenvalue weighted by Crippen LogP contribution is 2.28. The molecular weight excluding hydrogens is 443 g/mol. The van der Waals surface area contributed by atoms with Crippen LogP contribution in [-0.4, -0.2) is 33.0 Å². The summed E-state index contributed by atoms with van der Waals surface area (Å²) < 4.78 is 7.67. The zero-order valence-electron chi connectivity index (χ0n) is 16.5. The molecule has 1 amide bonds. The van der Waals surface area contributed by atoms with E-state index in [1.54, 1.807) is 18.2 Å². The van der Waals surface area contributed by atoms with Crippen molar-refractivity contribution >= 4 is 40.9 Å². The van der Waals surface area contributed by atoms with Gasteiger partial charge < -0.3 is 14.6 Å². The normalized spacial score (nSPS) is 10.8. The van der Waals surface area contributed by atoms with Crippen LogP contribution in [0.25, 0.3) is 0 Å². The van der Waals surface area contributed by atoms with Gasteiger partial charge in [0.25, 0.3) is 0 Å². The van der Waals surface area contributed by atoms with Crippen molar-refractivity contribution in [3.05, 3.63) is 70.0 Å². The topological polar surface area (TPSA) is 69.0 Å². The number of nitrogens with one attached hydrogen (secondary N) is 1. The Hall–Kier alpha value is -2.22. The summed E-state index contributed by atoms with van der Waals surface area (Å²) in [5.74, 6) is 1.43. The van der Waals surface area contributed by atoms with Crippen molar-refractivity contribution in [1.29, 1.82) is 0 Å². The standard InChI is InChI=1S/C21H22Cl2N4O2S/c1-2-27-19(13-29-18-9-8-16(22)12-17(18)23)25-26-21(27)30-14-20(28)24-11-10-15-6-4-3-5-7-15/h3-9,12H,2,10-11,13-14H2,1H3,(H,24,28). The van der Waals surface area contributed by atoms with E-state index in [1.165, 1.54) is 17.3 Å². The largest absolute Gasteiger partial charge is 0.484 e. The number of ether oxygens (including phenoxy) is 1. The van der Waals surface area contributed by atoms with Gasteiger partial charge in [-0.05, 0) is 37.1 Å². The van der Waals surface area contributed by atoms with Gasteiger partial charge >= 0.3 is 0 Å². The molecule has 9 heteroatoms. The summed E-state index contributed by atoms with van der Waals surface area (Å²) in [6.07, 6.45) is 0.803. The number of amides is 1. The van der Waals surface area contributed by atoms with Crippen LogP contribution in [0.4, 0.5) is 0 Å². The van der Waals surface area contributed by atoms with E-state index >= 15 is 0 Å². The third kappa shape index (κ3) is 6.39. The number of carbonyl (C=O) groups is 1. The van der Waals surface area contributed by atoms with Gasteiger partial charge in [-0.1, -0.05) is 65.3 Å². The van der Waals surface area contributed by atoms with E-state index in [1.807, 2.05) is 41.8 Å². The predicted molar refractivity (Wildman–Crippen MR) is 120 cm³/mol. The van der Waals surface area contributed by atoms with Gasteiger partial charge in [0.1, 0.15) is 12.4 Å². The van der Waals surface area contributed by atoms with E-state index in [9.17, 15) is 4.79 Å². The molecule has 0 radical (unpaired) electrons. The lowest BCUT2D eigenvalue weighted by Crippen LogP contribution is -2.27. The Balaban J connectivity index is 1.49. The third-order valence-corrected chi connectivity index (χ3v) is 5.77. The number of aromatic nitrogens is 3. The maximum absolute atomic E-state index is 12.1. The van der Waals surface area contributed by atoms with E-state index < -0.39 is 0 Å². The van der Waals surface area contributed by atoms with Crippen LogP contribution in [-0.2, 0) is 24.4 Å². The number of carbonyl (C=O) groups excluding carboxylic acids is 1. The number of benzene rings is 2. The summed E-state index contributed by atoms with van der Waals surface area (Å²) in [7, 11) is 0. The second-order valence-electron chi connectivity index (χ2n) is 6.38. The van der Waals surface area contributed by atoms with Gasteiger partial charge in [-0.15, -0.1) is 10.2 Å². The number of halogens is 2. The SMILES string of the molecule is CCn1c(COc2ccc(Cl)cc2Cl)nnc1SCC(=O)NCCc1ccccc1. The minimum Gasteiger partial charge on any atom is -0.484 e. The van der Waals surface area contributed by atoms with Crippen molar-refractivity contribution in [2.45, 2.75) is 31.7 Å². The van der Waals surface area contributed by atoms with Crippen LogP contribution in [0, 0.1) is 0 Å². The molecule has 0 saturated heterocycles. The molecule has 1 aromatic heterocycles. The van der Waals surface area contributed by atoms with Crippen LogP contribution in [0.3, 0.4) is 0 Å². The summed E-state index contributed by atoms with van der Waals surface area (Å²) >= 11 is 13.4. The highest BCUT2D eigenvalue weighted by atomic mass is 35.5. The zero-order valence-corrected chi connectivity index (χ0v) is 18.8. The summed E-state index contributed by atoms with van der Waals surface area (Å²) in [5.41, 5.74) is 1.20. The first-order valence-electron chi connectivity index (χ1n) is 9.50. The molecule has 0 saturated carbocycles. The summed E-state index contributed by atoms with van der Waals surface area (Å²) in [5, 5.41) is 13.0. The molecule has 1 N–H and O–H groups in total. The van der Waals surface area contributed by atoms with Crippen LogP contribution in [0.1, 0.15) is 18.3 Å². The van der Waals surface area contributed by atoms with E-state index in [0.717, 1.165) is 6.42 Å². The second-order valence-corrected chi connectivity index (χ2v) is 8.17. The molecule has 3 rings (SSSR count). The van der Waals surface area contributed by atoms with Crippen LogP contribution < -0.4 is 10.1 Å². The molecule has 0 fully saturated rings. The molecule has 0 aliphatic carbocycles. The van der Waals surface area contributed by atoms with Crippen molar-refractivity contribution in [1.82, 2.24) is 20.1 Å². The summed E-state index contributed by atoms with van der Waals surface area (Å²) in [6, 6.07) is 15.1. The molecule has 0 atom stereocenters. The van der Waals surface area contributed by atoms with Crippen molar-refractivity contribution in [2.75, 3.05) is 12.3 Å². The van der Waals surface area contributed by atoms with Gasteiger partial charge in [0.15, 0.2) is 11.0 Å². The van der Waals surface area contributed by atoms with Gasteiger partial charge in [-0.3, -0.25) is 4.79 Å². The number of hydrogen-bond donors (Lipinski definition) is 1. The fraction of sp³-hybridized carbons (Fsp3) is 0.286. The van der Waals surface area contributed by atoms with Gasteiger partial charge in [0.2, 0.25) is 5.91 Å². The van der Waals surface area contributed by atoms with Gasteiger partial charge in [-0.25, -0.2) is 0 Å². The Morgan fingerprint density at radius 1 is 1.17 bits per heavy atom. The van der Waals surface area contributed by atoms with Crippen LogP contribution in [0.5, 0.6) is 5.75 Å². The quantitative estimate of drug-likeness (QED) is 0.442. The van der Waals surface area contributed by atoms with Gasteiger partial charge in [0, 0.05) is 18.1 Å². The monoisotopic (exact) mass is 464 g/mol. The smallest absolute Gasteiger partial charge is 0.230 e. The average Bonchev–Trinajstić information content (AvgIpc) is 3.14. The molecule has 0 unspecified atom stereocenters. The van der Waals surface area contributed by atoms with Crippen LogP contribution in [0.15, 0.2) is 53.7 Å². The third-order valence-electron chi connectivity index (χ3n) is 4.27. The van der Waals surface area contributed by atoms with E-state index in [4.69, 9.17) is 27.9 Å². The molecule has 2 aromatic carbocycles. The maximum Gasteiger partial charge on any atom is 0.230 e. The first-order valence-corrected chi connectivity index (χ1v) is 11.2. The Labute approximate surface area is 189 Å². The van der Waals surface area contributed by atoms with Crippen LogP contribution in [0.2, 0.25) is 10.0 Å². The van der Waals surface area contributed by atoms with E-state index in [-0.39, 0.29) is 18.3 Å². The van der Waals surface area contributed by atoms with Crippen molar-refractivity contribution < 1.29 is 9.53 Å². The molecule has 0 spiro atoms. The van der Waals surface area contributed by atoms with Crippen molar-refractivity contribution in [3.63, 3.8) is 0 Å². The first-order chi connectivity index (χ1) is 14.6. The van der Waals surface area contributed by atoms with Crippen molar-refractivity contribution in [3.8, 4) is 5.75 Å². The molecule has 6 nitrogen and oxygen atoms in total. The minimum absolute atomic E-state index is 0.0349. The second kappa shape index (κ2) is 11.2. The fourth-order valence-corrected chi connectivity index (χ4v) is 4.07. The highest BCUT2D eigenvalue weighted by molar-refractivity contribution is 7.99. The summed E-state index contributed by atoms with van der Waals surface area (Å²) in [4.78, 5) is 12.1. The number of thioether (sulfide) groups is 1. The molecule has 0 bridgehead atoms. The van der Waals surface area contributed by atoms with Crippen molar-refractivity contribution in [2.24, 2.45) is 0 Å². The lowest BCUT2D eigenvalue weighted by atomic mass is 10.1. The molecule has 0 aliphatic rings. The lowest BCUT2D eigenvalue weighted by Gasteiger charge is -2.10. The first kappa shape index (κ1) is 22.5. The number of hydrogen-bond acceptors (Lipinski definition) is 5. The van der Waals surface area contributed by atoms with Crippen LogP contribution >= 0.6 is 35.0 Å². The Morgan fingerprint density at radius 3 is 2.70 bits per heavy atom. The van der Waals surface area contributed by atoms with E-state index in [0.29, 0.717) is 39.9 Å². The minimum atomic E-state index is -0.0349. The zero-order chi connectivity index (χ0) is 21.3. The summed E-state index contributed by atoms with van der Waals surface area (Å²) in [6.45, 7) is 3.47.